The van der Waals surface area contributed by atoms with E-state index in [1.807, 2.05) is 18.2 Å². The van der Waals surface area contributed by atoms with E-state index >= 15 is 0 Å². The number of hydrogen-bond donors (Lipinski definition) is 1. The van der Waals surface area contributed by atoms with Crippen LogP contribution in [-0.4, -0.2) is 6.79 Å². The minimum absolute atomic E-state index is 0.325. The molecule has 0 aromatic rings. The molecule has 0 amide bonds. The Balaban J connectivity index is 2.33. The lowest BCUT2D eigenvalue weighted by Crippen LogP contribution is -1.93. The van der Waals surface area contributed by atoms with Crippen LogP contribution in [0, 0.1) is 0 Å². The standard InChI is InChI=1S/C8H9NO2/c9-6-1-3-7-8(4-2-6)11-5-10-7/h1,3-4H,2,5,9H2. The van der Waals surface area contributed by atoms with Crippen molar-refractivity contribution >= 4 is 0 Å². The predicted octanol–water partition coefficient (Wildman–Crippen LogP) is 1.00. The van der Waals surface area contributed by atoms with Crippen LogP contribution in [0.3, 0.4) is 0 Å². The molecule has 0 bridgehead atoms. The van der Waals surface area contributed by atoms with Gasteiger partial charge >= 0.3 is 0 Å². The van der Waals surface area contributed by atoms with Crippen molar-refractivity contribution in [2.45, 2.75) is 6.42 Å². The molecule has 11 heavy (non-hydrogen) atoms. The van der Waals surface area contributed by atoms with Gasteiger partial charge in [-0.3, -0.25) is 0 Å². The number of hydrogen-bond acceptors (Lipinski definition) is 3. The van der Waals surface area contributed by atoms with Crippen LogP contribution in [0.4, 0.5) is 0 Å². The summed E-state index contributed by atoms with van der Waals surface area (Å²) in [7, 11) is 0. The second kappa shape index (κ2) is 2.34. The van der Waals surface area contributed by atoms with Crippen LogP contribution in [0.15, 0.2) is 35.4 Å². The fourth-order valence-electron chi connectivity index (χ4n) is 1.05. The van der Waals surface area contributed by atoms with E-state index in [-0.39, 0.29) is 0 Å². The molecule has 1 fully saturated rings. The number of nitrogens with two attached hydrogens (primary N) is 1. The van der Waals surface area contributed by atoms with Crippen molar-refractivity contribution in [2.24, 2.45) is 5.73 Å². The van der Waals surface area contributed by atoms with Crippen molar-refractivity contribution in [3.8, 4) is 0 Å². The molecule has 0 aromatic heterocycles. The summed E-state index contributed by atoms with van der Waals surface area (Å²) >= 11 is 0. The van der Waals surface area contributed by atoms with Crippen molar-refractivity contribution < 1.29 is 9.47 Å². The molecular formula is C8H9NO2. The van der Waals surface area contributed by atoms with E-state index in [1.165, 1.54) is 0 Å². The maximum absolute atomic E-state index is 5.60. The van der Waals surface area contributed by atoms with Crippen LogP contribution in [0.5, 0.6) is 0 Å². The number of fused-ring (bicyclic) bond motifs is 1. The van der Waals surface area contributed by atoms with Crippen molar-refractivity contribution in [1.29, 1.82) is 0 Å². The first-order valence-electron chi connectivity index (χ1n) is 3.49. The minimum atomic E-state index is 0.325. The molecule has 58 valence electrons. The smallest absolute Gasteiger partial charge is 0.231 e. The Morgan fingerprint density at radius 3 is 2.91 bits per heavy atom. The number of ether oxygens (including phenoxy) is 2. The predicted molar refractivity (Wildman–Crippen MR) is 40.1 cm³/mol. The zero-order valence-corrected chi connectivity index (χ0v) is 6.04. The second-order valence-electron chi connectivity index (χ2n) is 2.45. The second-order valence-corrected chi connectivity index (χ2v) is 2.45. The van der Waals surface area contributed by atoms with Gasteiger partial charge in [-0.15, -0.1) is 0 Å². The molecule has 1 aliphatic heterocycles. The zero-order chi connectivity index (χ0) is 7.68. The highest BCUT2D eigenvalue weighted by Crippen LogP contribution is 2.23. The van der Waals surface area contributed by atoms with Crippen LogP contribution >= 0.6 is 0 Å². The summed E-state index contributed by atoms with van der Waals surface area (Å²) in [5.41, 5.74) is 6.42. The number of rotatable bonds is 0. The number of allylic oxidation sites excluding steroid dienone is 3. The summed E-state index contributed by atoms with van der Waals surface area (Å²) in [4.78, 5) is 0. The fraction of sp³-hybridized carbons (Fsp3) is 0.250. The van der Waals surface area contributed by atoms with Gasteiger partial charge in [-0.1, -0.05) is 0 Å². The molecule has 3 nitrogen and oxygen atoms in total. The van der Waals surface area contributed by atoms with Crippen molar-refractivity contribution in [3.05, 3.63) is 35.4 Å². The first-order valence-corrected chi connectivity index (χ1v) is 3.49. The normalized spacial score (nSPS) is 21.6. The van der Waals surface area contributed by atoms with E-state index in [9.17, 15) is 0 Å². The maximum Gasteiger partial charge on any atom is 0.231 e. The lowest BCUT2D eigenvalue weighted by Gasteiger charge is -1.92. The minimum Gasteiger partial charge on any atom is -0.454 e. The average Bonchev–Trinajstić information content (AvgIpc) is 2.38. The molecule has 1 saturated heterocycles. The third-order valence-electron chi connectivity index (χ3n) is 1.64. The van der Waals surface area contributed by atoms with Crippen molar-refractivity contribution in [2.75, 3.05) is 6.79 Å². The largest absolute Gasteiger partial charge is 0.454 e. The van der Waals surface area contributed by atoms with E-state index in [0.717, 1.165) is 23.6 Å². The van der Waals surface area contributed by atoms with E-state index in [4.69, 9.17) is 15.2 Å². The molecule has 3 heteroatoms. The molecule has 1 aliphatic carbocycles. The molecule has 0 spiro atoms. The summed E-state index contributed by atoms with van der Waals surface area (Å²) in [5.74, 6) is 1.59. The topological polar surface area (TPSA) is 44.5 Å². The van der Waals surface area contributed by atoms with Gasteiger partial charge in [0.25, 0.3) is 0 Å². The molecule has 0 radical (unpaired) electrons. The quantitative estimate of drug-likeness (QED) is 0.561. The first-order chi connectivity index (χ1) is 5.36. The van der Waals surface area contributed by atoms with E-state index in [1.54, 1.807) is 0 Å². The SMILES string of the molecule is NC1=CC=C2OCOC2=CC1. The van der Waals surface area contributed by atoms with Gasteiger partial charge in [-0.25, -0.2) is 0 Å². The third-order valence-corrected chi connectivity index (χ3v) is 1.64. The summed E-state index contributed by atoms with van der Waals surface area (Å²) in [6.07, 6.45) is 6.34. The molecule has 0 unspecified atom stereocenters. The molecular weight excluding hydrogens is 142 g/mol. The summed E-state index contributed by atoms with van der Waals surface area (Å²) in [6.45, 7) is 0.325. The van der Waals surface area contributed by atoms with Crippen LogP contribution in [-0.2, 0) is 9.47 Å². The van der Waals surface area contributed by atoms with Gasteiger partial charge in [0.15, 0.2) is 11.5 Å². The van der Waals surface area contributed by atoms with Crippen LogP contribution in [0.25, 0.3) is 0 Å². The average molecular weight is 151 g/mol. The Kier molecular flexibility index (Phi) is 1.35. The summed E-state index contributed by atoms with van der Waals surface area (Å²) in [6, 6.07) is 0. The molecule has 0 saturated carbocycles. The Labute approximate surface area is 64.8 Å². The van der Waals surface area contributed by atoms with Crippen LogP contribution in [0.1, 0.15) is 6.42 Å². The van der Waals surface area contributed by atoms with Crippen molar-refractivity contribution in [1.82, 2.24) is 0 Å². The molecule has 2 aliphatic rings. The summed E-state index contributed by atoms with van der Waals surface area (Å²) < 4.78 is 10.3. The van der Waals surface area contributed by atoms with E-state index in [0.29, 0.717) is 6.79 Å². The molecule has 0 aromatic carbocycles. The molecule has 2 rings (SSSR count). The lowest BCUT2D eigenvalue weighted by molar-refractivity contribution is 0.0974. The third kappa shape index (κ3) is 1.09. The van der Waals surface area contributed by atoms with Gasteiger partial charge < -0.3 is 15.2 Å². The highest BCUT2D eigenvalue weighted by Gasteiger charge is 2.16. The lowest BCUT2D eigenvalue weighted by atomic mass is 10.3. The van der Waals surface area contributed by atoms with Gasteiger partial charge in [0, 0.05) is 12.1 Å². The first kappa shape index (κ1) is 6.34. The van der Waals surface area contributed by atoms with E-state index in [2.05, 4.69) is 0 Å². The highest BCUT2D eigenvalue weighted by molar-refractivity contribution is 5.31. The Morgan fingerprint density at radius 2 is 2.00 bits per heavy atom. The van der Waals surface area contributed by atoms with Gasteiger partial charge in [0.1, 0.15) is 0 Å². The van der Waals surface area contributed by atoms with Crippen LogP contribution in [0.2, 0.25) is 0 Å². The Bertz CT molecular complexity index is 263. The molecule has 1 heterocycles. The monoisotopic (exact) mass is 151 g/mol. The fourth-order valence-corrected chi connectivity index (χ4v) is 1.05. The van der Waals surface area contributed by atoms with Gasteiger partial charge in [-0.05, 0) is 18.2 Å². The summed E-state index contributed by atoms with van der Waals surface area (Å²) in [5, 5.41) is 0. The van der Waals surface area contributed by atoms with Crippen molar-refractivity contribution in [3.63, 3.8) is 0 Å². The maximum atomic E-state index is 5.60. The molecule has 0 atom stereocenters. The highest BCUT2D eigenvalue weighted by atomic mass is 16.7. The Hall–Kier alpha value is -1.38. The van der Waals surface area contributed by atoms with Gasteiger partial charge in [0.2, 0.25) is 6.79 Å². The van der Waals surface area contributed by atoms with Gasteiger partial charge in [-0.2, -0.15) is 0 Å². The van der Waals surface area contributed by atoms with E-state index < -0.39 is 0 Å². The van der Waals surface area contributed by atoms with Gasteiger partial charge in [0.05, 0.1) is 0 Å². The zero-order valence-electron chi connectivity index (χ0n) is 6.04. The molecule has 2 N–H and O–H groups in total. The van der Waals surface area contributed by atoms with Crippen LogP contribution < -0.4 is 5.73 Å². The Morgan fingerprint density at radius 1 is 1.18 bits per heavy atom.